The van der Waals surface area contributed by atoms with E-state index in [0.717, 1.165) is 19.3 Å². The van der Waals surface area contributed by atoms with Crippen LogP contribution >= 0.6 is 0 Å². The lowest BCUT2D eigenvalue weighted by Crippen LogP contribution is -2.43. The Hall–Kier alpha value is -0.460. The van der Waals surface area contributed by atoms with Gasteiger partial charge in [-0.3, -0.25) is 0 Å². The van der Waals surface area contributed by atoms with Crippen molar-refractivity contribution in [1.82, 2.24) is 9.03 Å². The Morgan fingerprint density at radius 2 is 1.85 bits per heavy atom. The van der Waals surface area contributed by atoms with Crippen LogP contribution in [0.15, 0.2) is 0 Å². The van der Waals surface area contributed by atoms with Gasteiger partial charge in [-0.1, -0.05) is 6.42 Å². The third kappa shape index (κ3) is 3.06. The predicted molar refractivity (Wildman–Crippen MR) is 48.4 cm³/mol. The minimum atomic E-state index is -3.39. The first-order chi connectivity index (χ1) is 6.17. The van der Waals surface area contributed by atoms with E-state index in [2.05, 4.69) is 4.72 Å². The van der Waals surface area contributed by atoms with Gasteiger partial charge in [-0.15, -0.1) is 0 Å². The second-order valence-electron chi connectivity index (χ2n) is 2.98. The van der Waals surface area contributed by atoms with Crippen molar-refractivity contribution >= 4 is 16.5 Å². The Morgan fingerprint density at radius 1 is 1.23 bits per heavy atom. The highest BCUT2D eigenvalue weighted by atomic mass is 32.2. The molecule has 5 nitrogen and oxygen atoms in total. The number of rotatable bonds is 4. The molecule has 1 heterocycles. The Kier molecular flexibility index (Phi) is 3.83. The Balaban J connectivity index is 2.51. The third-order valence-corrected chi connectivity index (χ3v) is 3.58. The standard InChI is InChI=1S/C7H14N2O3S/c10-7-4-8-13(11,12)9-5-2-1-3-6-9/h7-8H,1-6H2. The number of carbonyl (C=O) groups is 1. The summed E-state index contributed by atoms with van der Waals surface area (Å²) in [6, 6.07) is 0. The largest absolute Gasteiger partial charge is 0.302 e. The molecule has 0 aromatic carbocycles. The average Bonchev–Trinajstić information content (AvgIpc) is 2.16. The van der Waals surface area contributed by atoms with Crippen LogP contribution in [0.2, 0.25) is 0 Å². The van der Waals surface area contributed by atoms with Gasteiger partial charge in [-0.2, -0.15) is 17.4 Å². The highest BCUT2D eigenvalue weighted by molar-refractivity contribution is 7.87. The quantitative estimate of drug-likeness (QED) is 0.631. The topological polar surface area (TPSA) is 66.5 Å². The average molecular weight is 206 g/mol. The fourth-order valence-corrected chi connectivity index (χ4v) is 2.54. The van der Waals surface area contributed by atoms with Crippen LogP contribution in [0.4, 0.5) is 0 Å². The lowest BCUT2D eigenvalue weighted by atomic mass is 10.2. The van der Waals surface area contributed by atoms with Gasteiger partial charge in [0.1, 0.15) is 6.29 Å². The summed E-state index contributed by atoms with van der Waals surface area (Å²) in [6.45, 7) is 0.987. The maximum absolute atomic E-state index is 11.4. The van der Waals surface area contributed by atoms with Crippen molar-refractivity contribution in [3.63, 3.8) is 0 Å². The maximum atomic E-state index is 11.4. The summed E-state index contributed by atoms with van der Waals surface area (Å²) in [5.74, 6) is 0. The second kappa shape index (κ2) is 4.69. The van der Waals surface area contributed by atoms with E-state index in [9.17, 15) is 13.2 Å². The molecule has 0 aromatic rings. The lowest BCUT2D eigenvalue weighted by molar-refractivity contribution is -0.106. The van der Waals surface area contributed by atoms with Crippen LogP contribution in [0.1, 0.15) is 19.3 Å². The molecule has 0 bridgehead atoms. The van der Waals surface area contributed by atoms with Gasteiger partial charge >= 0.3 is 0 Å². The molecule has 0 aliphatic carbocycles. The molecule has 0 saturated carbocycles. The number of hydrogen-bond acceptors (Lipinski definition) is 3. The summed E-state index contributed by atoms with van der Waals surface area (Å²) >= 11 is 0. The van der Waals surface area contributed by atoms with Gasteiger partial charge < -0.3 is 4.79 Å². The lowest BCUT2D eigenvalue weighted by Gasteiger charge is -2.25. The molecule has 1 rings (SSSR count). The Morgan fingerprint density at radius 3 is 2.38 bits per heavy atom. The molecule has 1 fully saturated rings. The molecule has 0 amide bonds. The summed E-state index contributed by atoms with van der Waals surface area (Å²) in [4.78, 5) is 9.99. The Bertz CT molecular complexity index is 257. The number of piperidine rings is 1. The van der Waals surface area contributed by atoms with Crippen molar-refractivity contribution in [2.24, 2.45) is 0 Å². The van der Waals surface area contributed by atoms with E-state index in [1.807, 2.05) is 0 Å². The van der Waals surface area contributed by atoms with Crippen molar-refractivity contribution in [3.8, 4) is 0 Å². The van der Waals surface area contributed by atoms with Gasteiger partial charge in [0.15, 0.2) is 0 Å². The molecule has 0 unspecified atom stereocenters. The van der Waals surface area contributed by atoms with Gasteiger partial charge in [0, 0.05) is 13.1 Å². The first-order valence-corrected chi connectivity index (χ1v) is 5.79. The van der Waals surface area contributed by atoms with Crippen LogP contribution in [-0.4, -0.2) is 38.6 Å². The van der Waals surface area contributed by atoms with E-state index in [1.165, 1.54) is 4.31 Å². The van der Waals surface area contributed by atoms with Crippen molar-refractivity contribution in [1.29, 1.82) is 0 Å². The third-order valence-electron chi connectivity index (χ3n) is 2.00. The van der Waals surface area contributed by atoms with Crippen molar-refractivity contribution in [2.45, 2.75) is 19.3 Å². The van der Waals surface area contributed by atoms with Gasteiger partial charge in [0.05, 0.1) is 6.54 Å². The zero-order chi connectivity index (χ0) is 9.73. The minimum Gasteiger partial charge on any atom is -0.302 e. The number of hydrogen-bond donors (Lipinski definition) is 1. The molecule has 6 heteroatoms. The van der Waals surface area contributed by atoms with E-state index in [0.29, 0.717) is 19.4 Å². The van der Waals surface area contributed by atoms with Gasteiger partial charge in [0.2, 0.25) is 0 Å². The fourth-order valence-electron chi connectivity index (χ4n) is 1.34. The van der Waals surface area contributed by atoms with Gasteiger partial charge in [-0.25, -0.2) is 0 Å². The van der Waals surface area contributed by atoms with Crippen molar-refractivity contribution in [2.75, 3.05) is 19.6 Å². The molecular formula is C7H14N2O3S. The normalized spacial score (nSPS) is 20.0. The van der Waals surface area contributed by atoms with Crippen molar-refractivity contribution < 1.29 is 13.2 Å². The van der Waals surface area contributed by atoms with Crippen LogP contribution in [0.5, 0.6) is 0 Å². The molecule has 1 saturated heterocycles. The van der Waals surface area contributed by atoms with E-state index < -0.39 is 10.2 Å². The highest BCUT2D eigenvalue weighted by Gasteiger charge is 2.22. The van der Waals surface area contributed by atoms with Gasteiger partial charge in [0.25, 0.3) is 10.2 Å². The summed E-state index contributed by atoms with van der Waals surface area (Å²) in [5.41, 5.74) is 0. The zero-order valence-electron chi connectivity index (χ0n) is 7.40. The summed E-state index contributed by atoms with van der Waals surface area (Å²) < 4.78 is 26.4. The summed E-state index contributed by atoms with van der Waals surface area (Å²) in [6.07, 6.45) is 3.44. The molecule has 0 aromatic heterocycles. The second-order valence-corrected chi connectivity index (χ2v) is 4.74. The van der Waals surface area contributed by atoms with Crippen molar-refractivity contribution in [3.05, 3.63) is 0 Å². The van der Waals surface area contributed by atoms with Crippen LogP contribution < -0.4 is 4.72 Å². The number of nitrogens with zero attached hydrogens (tertiary/aromatic N) is 1. The molecule has 13 heavy (non-hydrogen) atoms. The minimum absolute atomic E-state index is 0.140. The first-order valence-electron chi connectivity index (χ1n) is 4.35. The van der Waals surface area contributed by atoms with Gasteiger partial charge in [-0.05, 0) is 12.8 Å². The Labute approximate surface area is 78.3 Å². The SMILES string of the molecule is O=CCNS(=O)(=O)N1CCCCC1. The molecule has 0 atom stereocenters. The first kappa shape index (κ1) is 10.6. The smallest absolute Gasteiger partial charge is 0.279 e. The maximum Gasteiger partial charge on any atom is 0.279 e. The zero-order valence-corrected chi connectivity index (χ0v) is 8.22. The number of carbonyl (C=O) groups excluding carboxylic acids is 1. The van der Waals surface area contributed by atoms with E-state index in [1.54, 1.807) is 0 Å². The van der Waals surface area contributed by atoms with E-state index in [-0.39, 0.29) is 6.54 Å². The predicted octanol–water partition coefficient (Wildman–Crippen LogP) is -0.494. The molecule has 76 valence electrons. The molecule has 0 spiro atoms. The van der Waals surface area contributed by atoms with Crippen LogP contribution in [0.3, 0.4) is 0 Å². The monoisotopic (exact) mass is 206 g/mol. The highest BCUT2D eigenvalue weighted by Crippen LogP contribution is 2.11. The molecule has 1 aliphatic heterocycles. The molecule has 1 aliphatic rings. The summed E-state index contributed by atoms with van der Waals surface area (Å²) in [7, 11) is -3.39. The number of nitrogens with one attached hydrogen (secondary N) is 1. The van der Waals surface area contributed by atoms with E-state index in [4.69, 9.17) is 0 Å². The fraction of sp³-hybridized carbons (Fsp3) is 0.857. The summed E-state index contributed by atoms with van der Waals surface area (Å²) in [5, 5.41) is 0. The van der Waals surface area contributed by atoms with E-state index >= 15 is 0 Å². The van der Waals surface area contributed by atoms with Crippen LogP contribution in [0, 0.1) is 0 Å². The van der Waals surface area contributed by atoms with Crippen LogP contribution in [0.25, 0.3) is 0 Å². The molecule has 1 N–H and O–H groups in total. The number of aldehydes is 1. The molecule has 0 radical (unpaired) electrons. The molecular weight excluding hydrogens is 192 g/mol. The van der Waals surface area contributed by atoms with Crippen LogP contribution in [-0.2, 0) is 15.0 Å².